The summed E-state index contributed by atoms with van der Waals surface area (Å²) in [6.45, 7) is 0. The van der Waals surface area contributed by atoms with Gasteiger partial charge in [0.15, 0.2) is 5.11 Å². The summed E-state index contributed by atoms with van der Waals surface area (Å²) < 4.78 is 18.1. The molecule has 7 heteroatoms. The quantitative estimate of drug-likeness (QED) is 0.668. The highest BCUT2D eigenvalue weighted by Crippen LogP contribution is 2.11. The largest absolute Gasteiger partial charge is 0.465 e. The number of carbonyl (C=O) groups excluding carboxylic acids is 2. The van der Waals surface area contributed by atoms with Crippen LogP contribution in [0, 0.1) is 5.82 Å². The van der Waals surface area contributed by atoms with Gasteiger partial charge in [-0.3, -0.25) is 10.1 Å². The molecule has 0 saturated heterocycles. The molecule has 0 aromatic heterocycles. The molecule has 0 fully saturated rings. The smallest absolute Gasteiger partial charge is 0.337 e. The Hall–Kier alpha value is -2.80. The van der Waals surface area contributed by atoms with Crippen LogP contribution in [-0.4, -0.2) is 24.1 Å². The number of thiocarbonyl (C=S) groups is 1. The predicted molar refractivity (Wildman–Crippen MR) is 87.9 cm³/mol. The van der Waals surface area contributed by atoms with Gasteiger partial charge in [0.25, 0.3) is 5.91 Å². The summed E-state index contributed by atoms with van der Waals surface area (Å²) in [6, 6.07) is 11.9. The third kappa shape index (κ3) is 4.33. The average Bonchev–Trinajstić information content (AvgIpc) is 2.55. The molecule has 1 amide bonds. The Morgan fingerprint density at radius 2 is 1.74 bits per heavy atom. The maximum absolute atomic E-state index is 13.5. The van der Waals surface area contributed by atoms with E-state index in [1.165, 1.54) is 25.3 Å². The summed E-state index contributed by atoms with van der Waals surface area (Å²) in [5, 5.41) is 5.17. The molecule has 23 heavy (non-hydrogen) atoms. The van der Waals surface area contributed by atoms with Gasteiger partial charge >= 0.3 is 5.97 Å². The van der Waals surface area contributed by atoms with Crippen LogP contribution in [0.15, 0.2) is 48.5 Å². The van der Waals surface area contributed by atoms with E-state index in [0.29, 0.717) is 11.3 Å². The first-order valence-electron chi connectivity index (χ1n) is 6.56. The Labute approximate surface area is 137 Å². The second-order valence-corrected chi connectivity index (χ2v) is 4.87. The van der Waals surface area contributed by atoms with Crippen LogP contribution in [0.5, 0.6) is 0 Å². The number of hydrogen-bond donors (Lipinski definition) is 2. The first-order chi connectivity index (χ1) is 11.0. The van der Waals surface area contributed by atoms with Crippen molar-refractivity contribution in [2.75, 3.05) is 12.4 Å². The fourth-order valence-electron chi connectivity index (χ4n) is 1.79. The molecule has 0 aliphatic carbocycles. The lowest BCUT2D eigenvalue weighted by Crippen LogP contribution is -2.34. The fourth-order valence-corrected chi connectivity index (χ4v) is 2.00. The van der Waals surface area contributed by atoms with E-state index in [4.69, 9.17) is 12.2 Å². The second-order valence-electron chi connectivity index (χ2n) is 4.46. The van der Waals surface area contributed by atoms with E-state index >= 15 is 0 Å². The van der Waals surface area contributed by atoms with Crippen LogP contribution in [0.4, 0.5) is 10.1 Å². The molecule has 2 aromatic carbocycles. The lowest BCUT2D eigenvalue weighted by Gasteiger charge is -2.10. The number of methoxy groups -OCH3 is 1. The number of carbonyl (C=O) groups is 2. The topological polar surface area (TPSA) is 67.4 Å². The Morgan fingerprint density at radius 1 is 1.09 bits per heavy atom. The first kappa shape index (κ1) is 16.6. The van der Waals surface area contributed by atoms with Gasteiger partial charge in [-0.2, -0.15) is 0 Å². The second kappa shape index (κ2) is 7.46. The molecule has 2 rings (SSSR count). The molecule has 0 heterocycles. The van der Waals surface area contributed by atoms with Crippen molar-refractivity contribution in [1.29, 1.82) is 0 Å². The summed E-state index contributed by atoms with van der Waals surface area (Å²) in [5.41, 5.74) is 0.855. The number of amides is 1. The van der Waals surface area contributed by atoms with Crippen molar-refractivity contribution in [3.8, 4) is 0 Å². The van der Waals surface area contributed by atoms with Gasteiger partial charge in [-0.1, -0.05) is 12.1 Å². The standard InChI is InChI=1S/C16H13FN2O3S/c1-22-15(21)10-6-8-11(9-7-10)18-16(23)19-14(20)12-4-2-3-5-13(12)17/h2-9H,1H3,(H2,18,19,20,23). The van der Waals surface area contributed by atoms with Gasteiger partial charge in [-0.25, -0.2) is 9.18 Å². The average molecular weight is 332 g/mol. The highest BCUT2D eigenvalue weighted by molar-refractivity contribution is 7.80. The number of esters is 1. The maximum Gasteiger partial charge on any atom is 0.337 e. The van der Waals surface area contributed by atoms with Crippen LogP contribution in [0.2, 0.25) is 0 Å². The molecule has 0 atom stereocenters. The Bertz CT molecular complexity index is 747. The van der Waals surface area contributed by atoms with Gasteiger partial charge in [-0.05, 0) is 48.6 Å². The summed E-state index contributed by atoms with van der Waals surface area (Å²) in [5.74, 6) is -1.73. The fraction of sp³-hybridized carbons (Fsp3) is 0.0625. The molecule has 0 aliphatic heterocycles. The molecule has 0 bridgehead atoms. The van der Waals surface area contributed by atoms with Crippen LogP contribution < -0.4 is 10.6 Å². The number of benzene rings is 2. The van der Waals surface area contributed by atoms with E-state index in [0.717, 1.165) is 0 Å². The third-order valence-electron chi connectivity index (χ3n) is 2.91. The summed E-state index contributed by atoms with van der Waals surface area (Å²) in [4.78, 5) is 23.2. The molecule has 0 unspecified atom stereocenters. The van der Waals surface area contributed by atoms with Crippen molar-refractivity contribution in [3.05, 3.63) is 65.5 Å². The van der Waals surface area contributed by atoms with Crippen LogP contribution in [0.3, 0.4) is 0 Å². The Morgan fingerprint density at radius 3 is 2.35 bits per heavy atom. The third-order valence-corrected chi connectivity index (χ3v) is 3.11. The predicted octanol–water partition coefficient (Wildman–Crippen LogP) is 2.74. The van der Waals surface area contributed by atoms with Crippen molar-refractivity contribution >= 4 is 34.9 Å². The molecule has 0 aliphatic rings. The van der Waals surface area contributed by atoms with Gasteiger partial charge < -0.3 is 10.1 Å². The molecule has 118 valence electrons. The summed E-state index contributed by atoms with van der Waals surface area (Å²) >= 11 is 5.01. The lowest BCUT2D eigenvalue weighted by molar-refractivity contribution is 0.0600. The van der Waals surface area contributed by atoms with Gasteiger partial charge in [0.2, 0.25) is 0 Å². The molecule has 5 nitrogen and oxygen atoms in total. The van der Waals surface area contributed by atoms with E-state index in [-0.39, 0.29) is 10.7 Å². The van der Waals surface area contributed by atoms with Crippen LogP contribution in [0.25, 0.3) is 0 Å². The van der Waals surface area contributed by atoms with Crippen molar-refractivity contribution in [2.45, 2.75) is 0 Å². The lowest BCUT2D eigenvalue weighted by atomic mass is 10.2. The number of ether oxygens (including phenoxy) is 1. The number of anilines is 1. The van der Waals surface area contributed by atoms with Gasteiger partial charge in [0.1, 0.15) is 5.82 Å². The molecule has 0 radical (unpaired) electrons. The molecule has 2 aromatic rings. The van der Waals surface area contributed by atoms with Crippen molar-refractivity contribution in [1.82, 2.24) is 5.32 Å². The minimum atomic E-state index is -0.646. The number of halogens is 1. The van der Waals surface area contributed by atoms with Crippen molar-refractivity contribution < 1.29 is 18.7 Å². The minimum absolute atomic E-state index is 0.0177. The van der Waals surface area contributed by atoms with E-state index in [2.05, 4.69) is 15.4 Å². The van der Waals surface area contributed by atoms with E-state index in [9.17, 15) is 14.0 Å². The monoisotopic (exact) mass is 332 g/mol. The normalized spacial score (nSPS) is 9.83. The zero-order chi connectivity index (χ0) is 16.8. The Kier molecular flexibility index (Phi) is 5.37. The number of rotatable bonds is 3. The van der Waals surface area contributed by atoms with E-state index in [1.54, 1.807) is 30.3 Å². The number of nitrogens with one attached hydrogen (secondary N) is 2. The maximum atomic E-state index is 13.5. The molecule has 2 N–H and O–H groups in total. The van der Waals surface area contributed by atoms with Gasteiger partial charge in [-0.15, -0.1) is 0 Å². The minimum Gasteiger partial charge on any atom is -0.465 e. The van der Waals surface area contributed by atoms with Crippen molar-refractivity contribution in [2.24, 2.45) is 0 Å². The molecule has 0 spiro atoms. The molecular formula is C16H13FN2O3S. The van der Waals surface area contributed by atoms with Crippen LogP contribution >= 0.6 is 12.2 Å². The molecule has 0 saturated carbocycles. The van der Waals surface area contributed by atoms with Gasteiger partial charge in [0, 0.05) is 5.69 Å². The highest BCUT2D eigenvalue weighted by atomic mass is 32.1. The zero-order valence-corrected chi connectivity index (χ0v) is 12.9. The molecular weight excluding hydrogens is 319 g/mol. The van der Waals surface area contributed by atoms with E-state index < -0.39 is 17.7 Å². The summed E-state index contributed by atoms with van der Waals surface area (Å²) in [6.07, 6.45) is 0. The Balaban J connectivity index is 1.98. The van der Waals surface area contributed by atoms with E-state index in [1.807, 2.05) is 0 Å². The van der Waals surface area contributed by atoms with Crippen LogP contribution in [0.1, 0.15) is 20.7 Å². The zero-order valence-electron chi connectivity index (χ0n) is 12.1. The highest BCUT2D eigenvalue weighted by Gasteiger charge is 2.12. The number of hydrogen-bond acceptors (Lipinski definition) is 4. The van der Waals surface area contributed by atoms with Crippen LogP contribution in [-0.2, 0) is 4.74 Å². The SMILES string of the molecule is COC(=O)c1ccc(NC(=S)NC(=O)c2ccccc2F)cc1. The summed E-state index contributed by atoms with van der Waals surface area (Å²) in [7, 11) is 1.29. The van der Waals surface area contributed by atoms with Crippen molar-refractivity contribution in [3.63, 3.8) is 0 Å². The van der Waals surface area contributed by atoms with Gasteiger partial charge in [0.05, 0.1) is 18.2 Å². The first-order valence-corrected chi connectivity index (χ1v) is 6.97.